The summed E-state index contributed by atoms with van der Waals surface area (Å²) in [6, 6.07) is 4.20. The van der Waals surface area contributed by atoms with Crippen LogP contribution in [0.3, 0.4) is 0 Å². The topological polar surface area (TPSA) is 39.7 Å². The van der Waals surface area contributed by atoms with E-state index in [-0.39, 0.29) is 5.92 Å². The van der Waals surface area contributed by atoms with Gasteiger partial charge in [-0.05, 0) is 56.8 Å². The summed E-state index contributed by atoms with van der Waals surface area (Å²) in [5, 5.41) is 0. The van der Waals surface area contributed by atoms with E-state index >= 15 is 0 Å². The lowest BCUT2D eigenvalue weighted by atomic mass is 9.95. The van der Waals surface area contributed by atoms with Crippen LogP contribution in [0.4, 0.5) is 5.82 Å². The zero-order valence-electron chi connectivity index (χ0n) is 16.7. The molecule has 0 bridgehead atoms. The first-order valence-electron chi connectivity index (χ1n) is 10.3. The quantitative estimate of drug-likeness (QED) is 0.784. The Kier molecular flexibility index (Phi) is 6.52. The van der Waals surface area contributed by atoms with Gasteiger partial charge >= 0.3 is 0 Å². The summed E-state index contributed by atoms with van der Waals surface area (Å²) in [5.74, 6) is 2.28. The zero-order chi connectivity index (χ0) is 18.5. The zero-order valence-corrected chi connectivity index (χ0v) is 16.7. The molecule has 0 saturated carbocycles. The van der Waals surface area contributed by atoms with E-state index in [0.717, 1.165) is 70.9 Å². The van der Waals surface area contributed by atoms with Crippen molar-refractivity contribution in [2.75, 3.05) is 50.7 Å². The molecule has 144 valence electrons. The van der Waals surface area contributed by atoms with Gasteiger partial charge in [-0.3, -0.25) is 4.79 Å². The Labute approximate surface area is 158 Å². The maximum absolute atomic E-state index is 12.9. The van der Waals surface area contributed by atoms with Crippen LogP contribution in [0, 0.1) is 18.8 Å². The van der Waals surface area contributed by atoms with Crippen LogP contribution in [0.25, 0.3) is 0 Å². The minimum atomic E-state index is 0.198. The van der Waals surface area contributed by atoms with Crippen molar-refractivity contribution in [3.8, 4) is 0 Å². The van der Waals surface area contributed by atoms with E-state index in [4.69, 9.17) is 0 Å². The molecule has 0 spiro atoms. The van der Waals surface area contributed by atoms with Crippen molar-refractivity contribution < 1.29 is 4.79 Å². The molecule has 2 fully saturated rings. The average molecular weight is 359 g/mol. The van der Waals surface area contributed by atoms with Gasteiger partial charge in [-0.25, -0.2) is 4.98 Å². The number of carbonyl (C=O) groups excluding carboxylic acids is 1. The number of nitrogens with zero attached hydrogens (tertiary/aromatic N) is 4. The number of likely N-dealkylation sites (tertiary alicyclic amines) is 1. The third-order valence-corrected chi connectivity index (χ3v) is 6.07. The summed E-state index contributed by atoms with van der Waals surface area (Å²) in [7, 11) is 0. The summed E-state index contributed by atoms with van der Waals surface area (Å²) in [6.45, 7) is 13.6. The Morgan fingerprint density at radius 2 is 1.88 bits per heavy atom. The predicted octanol–water partition coefficient (Wildman–Crippen LogP) is 2.80. The second-order valence-electron chi connectivity index (χ2n) is 7.88. The maximum Gasteiger partial charge on any atom is 0.225 e. The lowest BCUT2D eigenvalue weighted by molar-refractivity contribution is -0.135. The fourth-order valence-corrected chi connectivity index (χ4v) is 4.29. The van der Waals surface area contributed by atoms with Crippen molar-refractivity contribution in [3.05, 3.63) is 23.9 Å². The van der Waals surface area contributed by atoms with Crippen LogP contribution < -0.4 is 4.90 Å². The van der Waals surface area contributed by atoms with Crippen LogP contribution in [0.5, 0.6) is 0 Å². The molecule has 3 heterocycles. The number of aromatic nitrogens is 1. The number of aryl methyl sites for hydroxylation is 1. The lowest BCUT2D eigenvalue weighted by Crippen LogP contribution is -2.42. The van der Waals surface area contributed by atoms with Crippen molar-refractivity contribution in [1.82, 2.24) is 14.8 Å². The fourth-order valence-electron chi connectivity index (χ4n) is 4.29. The summed E-state index contributed by atoms with van der Waals surface area (Å²) < 4.78 is 0. The number of rotatable bonds is 6. The van der Waals surface area contributed by atoms with Crippen molar-refractivity contribution in [2.24, 2.45) is 11.8 Å². The molecule has 1 aromatic heterocycles. The molecule has 5 heteroatoms. The highest BCUT2D eigenvalue weighted by molar-refractivity contribution is 5.79. The van der Waals surface area contributed by atoms with E-state index < -0.39 is 0 Å². The predicted molar refractivity (Wildman–Crippen MR) is 106 cm³/mol. The highest BCUT2D eigenvalue weighted by Crippen LogP contribution is 2.26. The van der Waals surface area contributed by atoms with Crippen LogP contribution in [0.15, 0.2) is 18.3 Å². The molecule has 2 saturated heterocycles. The molecule has 1 amide bonds. The number of piperidine rings is 1. The Balaban J connectivity index is 1.47. The van der Waals surface area contributed by atoms with Crippen LogP contribution in [-0.2, 0) is 4.79 Å². The first kappa shape index (κ1) is 19.2. The highest BCUT2D eigenvalue weighted by Gasteiger charge is 2.33. The molecule has 26 heavy (non-hydrogen) atoms. The van der Waals surface area contributed by atoms with Gasteiger partial charge in [0.2, 0.25) is 5.91 Å². The Morgan fingerprint density at radius 1 is 1.15 bits per heavy atom. The maximum atomic E-state index is 12.9. The molecular formula is C21H34N4O. The highest BCUT2D eigenvalue weighted by atomic mass is 16.2. The van der Waals surface area contributed by atoms with Gasteiger partial charge in [0.15, 0.2) is 0 Å². The summed E-state index contributed by atoms with van der Waals surface area (Å²) in [4.78, 5) is 24.4. The Morgan fingerprint density at radius 3 is 2.50 bits per heavy atom. The smallest absolute Gasteiger partial charge is 0.225 e. The molecule has 0 aliphatic carbocycles. The van der Waals surface area contributed by atoms with Gasteiger partial charge in [0.05, 0.1) is 0 Å². The van der Waals surface area contributed by atoms with E-state index in [1.807, 2.05) is 6.20 Å². The minimum absolute atomic E-state index is 0.198. The molecule has 1 unspecified atom stereocenters. The van der Waals surface area contributed by atoms with E-state index in [1.165, 1.54) is 5.56 Å². The van der Waals surface area contributed by atoms with Crippen molar-refractivity contribution in [3.63, 3.8) is 0 Å². The molecule has 1 atom stereocenters. The summed E-state index contributed by atoms with van der Waals surface area (Å²) in [5.41, 5.74) is 1.19. The van der Waals surface area contributed by atoms with Gasteiger partial charge < -0.3 is 14.7 Å². The van der Waals surface area contributed by atoms with Gasteiger partial charge in [0.1, 0.15) is 5.82 Å². The van der Waals surface area contributed by atoms with Crippen LogP contribution in [-0.4, -0.2) is 66.5 Å². The molecule has 2 aliphatic heterocycles. The first-order chi connectivity index (χ1) is 12.6. The van der Waals surface area contributed by atoms with E-state index in [9.17, 15) is 4.79 Å². The van der Waals surface area contributed by atoms with Gasteiger partial charge in [-0.1, -0.05) is 19.9 Å². The Hall–Kier alpha value is -1.62. The second kappa shape index (κ2) is 8.85. The van der Waals surface area contributed by atoms with Crippen LogP contribution in [0.2, 0.25) is 0 Å². The minimum Gasteiger partial charge on any atom is -0.357 e. The van der Waals surface area contributed by atoms with Crippen LogP contribution in [0.1, 0.15) is 38.7 Å². The average Bonchev–Trinajstić information content (AvgIpc) is 3.15. The molecule has 2 aliphatic rings. The fraction of sp³-hybridized carbons (Fsp3) is 0.714. The number of pyridine rings is 1. The van der Waals surface area contributed by atoms with Crippen molar-refractivity contribution >= 4 is 11.7 Å². The SMILES string of the molecule is CCN(CC)CC1CCN(C(=O)C2CCN(c3ccc(C)cn3)CC2)C1. The molecular weight excluding hydrogens is 324 g/mol. The molecule has 5 nitrogen and oxygen atoms in total. The van der Waals surface area contributed by atoms with Crippen molar-refractivity contribution in [2.45, 2.75) is 40.0 Å². The van der Waals surface area contributed by atoms with Crippen molar-refractivity contribution in [1.29, 1.82) is 0 Å². The molecule has 1 aromatic rings. The number of amides is 1. The third kappa shape index (κ3) is 4.56. The number of anilines is 1. The monoisotopic (exact) mass is 358 g/mol. The first-order valence-corrected chi connectivity index (χ1v) is 10.3. The lowest BCUT2D eigenvalue weighted by Gasteiger charge is -2.34. The Bertz CT molecular complexity index is 576. The van der Waals surface area contributed by atoms with Gasteiger partial charge in [0.25, 0.3) is 0 Å². The third-order valence-electron chi connectivity index (χ3n) is 6.07. The molecule has 0 radical (unpaired) electrons. The van der Waals surface area contributed by atoms with Gasteiger partial charge in [-0.15, -0.1) is 0 Å². The van der Waals surface area contributed by atoms with E-state index in [0.29, 0.717) is 11.8 Å². The summed E-state index contributed by atoms with van der Waals surface area (Å²) in [6.07, 6.45) is 4.98. The van der Waals surface area contributed by atoms with Crippen LogP contribution >= 0.6 is 0 Å². The molecule has 3 rings (SSSR count). The largest absolute Gasteiger partial charge is 0.357 e. The number of hydrogen-bond acceptors (Lipinski definition) is 4. The number of hydrogen-bond donors (Lipinski definition) is 0. The molecule has 0 aromatic carbocycles. The number of carbonyl (C=O) groups is 1. The second-order valence-corrected chi connectivity index (χ2v) is 7.88. The van der Waals surface area contributed by atoms with E-state index in [2.05, 4.69) is 52.6 Å². The van der Waals surface area contributed by atoms with E-state index in [1.54, 1.807) is 0 Å². The molecule has 0 N–H and O–H groups in total. The van der Waals surface area contributed by atoms with Gasteiger partial charge in [-0.2, -0.15) is 0 Å². The van der Waals surface area contributed by atoms with Gasteiger partial charge in [0, 0.05) is 44.8 Å². The normalized spacial score (nSPS) is 21.6. The summed E-state index contributed by atoms with van der Waals surface area (Å²) >= 11 is 0. The standard InChI is InChI=1S/C21H34N4O/c1-4-23(5-2)15-18-8-11-25(16-18)21(26)19-9-12-24(13-10-19)20-7-6-17(3)14-22-20/h6-7,14,18-19H,4-5,8-13,15-16H2,1-3H3.